The fourth-order valence-electron chi connectivity index (χ4n) is 3.82. The summed E-state index contributed by atoms with van der Waals surface area (Å²) in [6.07, 6.45) is 1.93. The van der Waals surface area contributed by atoms with E-state index in [0.29, 0.717) is 17.2 Å². The van der Waals surface area contributed by atoms with Crippen molar-refractivity contribution in [3.8, 4) is 17.6 Å². The quantitative estimate of drug-likeness (QED) is 0.873. The molecule has 0 amide bonds. The van der Waals surface area contributed by atoms with Crippen molar-refractivity contribution in [2.24, 2.45) is 5.92 Å². The minimum atomic E-state index is 0.0817. The summed E-state index contributed by atoms with van der Waals surface area (Å²) >= 11 is 0. The molecule has 2 saturated heterocycles. The molecule has 0 aromatic heterocycles. The second-order valence-electron chi connectivity index (χ2n) is 6.41. The Kier molecular flexibility index (Phi) is 5.56. The van der Waals surface area contributed by atoms with E-state index < -0.39 is 0 Å². The lowest BCUT2D eigenvalue weighted by Gasteiger charge is -2.41. The molecular formula is C18H25N3O3. The molecule has 2 aliphatic rings. The van der Waals surface area contributed by atoms with Gasteiger partial charge < -0.3 is 19.9 Å². The Hall–Kier alpha value is -1.81. The molecule has 130 valence electrons. The first-order valence-electron chi connectivity index (χ1n) is 8.58. The molecule has 0 radical (unpaired) electrons. The second kappa shape index (κ2) is 7.84. The minimum absolute atomic E-state index is 0.0817. The number of phenolic OH excluding ortho intramolecular Hbond substituents is 1. The van der Waals surface area contributed by atoms with Crippen LogP contribution in [0.5, 0.6) is 11.5 Å². The van der Waals surface area contributed by atoms with Crippen LogP contribution < -0.4 is 10.1 Å². The number of nitrogens with zero attached hydrogens (tertiary/aromatic N) is 2. The number of aromatic hydroxyl groups is 1. The van der Waals surface area contributed by atoms with Crippen molar-refractivity contribution in [2.75, 3.05) is 46.5 Å². The molecule has 2 N–H and O–H groups in total. The van der Waals surface area contributed by atoms with Crippen molar-refractivity contribution in [3.05, 3.63) is 23.3 Å². The van der Waals surface area contributed by atoms with Gasteiger partial charge in [0.25, 0.3) is 0 Å². The summed E-state index contributed by atoms with van der Waals surface area (Å²) in [5, 5.41) is 23.5. The van der Waals surface area contributed by atoms with Gasteiger partial charge in [-0.05, 0) is 24.8 Å². The maximum atomic E-state index is 10.7. The van der Waals surface area contributed by atoms with Crippen molar-refractivity contribution in [1.29, 1.82) is 5.26 Å². The average molecular weight is 331 g/mol. The first kappa shape index (κ1) is 17.0. The molecule has 0 unspecified atom stereocenters. The highest BCUT2D eigenvalue weighted by molar-refractivity contribution is 5.53. The predicted molar refractivity (Wildman–Crippen MR) is 90.1 cm³/mol. The number of rotatable bonds is 4. The third-order valence-corrected chi connectivity index (χ3v) is 5.03. The third-order valence-electron chi connectivity index (χ3n) is 5.03. The number of piperazine rings is 1. The maximum Gasteiger partial charge on any atom is 0.162 e. The summed E-state index contributed by atoms with van der Waals surface area (Å²) < 4.78 is 10.8. The molecule has 0 aliphatic carbocycles. The monoisotopic (exact) mass is 331 g/mol. The summed E-state index contributed by atoms with van der Waals surface area (Å²) in [5.74, 6) is 0.934. The third kappa shape index (κ3) is 3.48. The van der Waals surface area contributed by atoms with Gasteiger partial charge in [-0.2, -0.15) is 5.26 Å². The zero-order valence-electron chi connectivity index (χ0n) is 14.1. The summed E-state index contributed by atoms with van der Waals surface area (Å²) in [6.45, 7) is 5.25. The first-order valence-corrected chi connectivity index (χ1v) is 8.58. The molecule has 24 heavy (non-hydrogen) atoms. The Morgan fingerprint density at radius 2 is 2.04 bits per heavy atom. The van der Waals surface area contributed by atoms with Gasteiger partial charge in [0.1, 0.15) is 0 Å². The topological polar surface area (TPSA) is 77.8 Å². The van der Waals surface area contributed by atoms with Gasteiger partial charge in [-0.25, -0.2) is 0 Å². The minimum Gasteiger partial charge on any atom is -0.504 e. The highest BCUT2D eigenvalue weighted by atomic mass is 16.5. The van der Waals surface area contributed by atoms with Gasteiger partial charge in [-0.3, -0.25) is 4.90 Å². The normalized spacial score (nSPS) is 21.2. The van der Waals surface area contributed by atoms with Crippen LogP contribution in [0.4, 0.5) is 0 Å². The summed E-state index contributed by atoms with van der Waals surface area (Å²) in [7, 11) is 1.52. The van der Waals surface area contributed by atoms with Crippen LogP contribution in [-0.2, 0) is 4.74 Å². The second-order valence-corrected chi connectivity index (χ2v) is 6.41. The molecule has 0 spiro atoms. The average Bonchev–Trinajstić information content (AvgIpc) is 2.65. The van der Waals surface area contributed by atoms with Crippen molar-refractivity contribution >= 4 is 0 Å². The van der Waals surface area contributed by atoms with Crippen LogP contribution in [0.25, 0.3) is 0 Å². The molecule has 3 rings (SSSR count). The zero-order valence-corrected chi connectivity index (χ0v) is 14.1. The highest BCUT2D eigenvalue weighted by Gasteiger charge is 2.34. The Balaban J connectivity index is 2.02. The van der Waals surface area contributed by atoms with Crippen molar-refractivity contribution in [2.45, 2.75) is 18.9 Å². The number of nitriles is 1. The van der Waals surface area contributed by atoms with E-state index in [2.05, 4.69) is 16.3 Å². The number of phenols is 1. The van der Waals surface area contributed by atoms with E-state index in [9.17, 15) is 10.4 Å². The molecule has 6 heteroatoms. The van der Waals surface area contributed by atoms with Crippen LogP contribution >= 0.6 is 0 Å². The fraction of sp³-hybridized carbons (Fsp3) is 0.611. The molecule has 2 heterocycles. The number of ether oxygens (including phenoxy) is 2. The van der Waals surface area contributed by atoms with Crippen molar-refractivity contribution in [1.82, 2.24) is 10.2 Å². The van der Waals surface area contributed by atoms with Crippen LogP contribution in [0.3, 0.4) is 0 Å². The van der Waals surface area contributed by atoms with Gasteiger partial charge >= 0.3 is 0 Å². The number of methoxy groups -OCH3 is 1. The molecule has 2 aliphatic heterocycles. The van der Waals surface area contributed by atoms with E-state index in [0.717, 1.165) is 57.8 Å². The highest BCUT2D eigenvalue weighted by Crippen LogP contribution is 2.43. The van der Waals surface area contributed by atoms with Crippen molar-refractivity contribution in [3.63, 3.8) is 0 Å². The van der Waals surface area contributed by atoms with Gasteiger partial charge in [-0.15, -0.1) is 0 Å². The molecular weight excluding hydrogens is 306 g/mol. The summed E-state index contributed by atoms with van der Waals surface area (Å²) in [5.41, 5.74) is 1.33. The van der Waals surface area contributed by atoms with Crippen LogP contribution in [0, 0.1) is 17.2 Å². The van der Waals surface area contributed by atoms with Gasteiger partial charge in [0.15, 0.2) is 11.5 Å². The lowest BCUT2D eigenvalue weighted by atomic mass is 9.84. The Morgan fingerprint density at radius 1 is 1.33 bits per heavy atom. The maximum absolute atomic E-state index is 10.7. The molecule has 6 nitrogen and oxygen atoms in total. The zero-order chi connectivity index (χ0) is 16.9. The predicted octanol–water partition coefficient (Wildman–Crippen LogP) is 1.65. The SMILES string of the molecule is COc1cc(C#N)cc([C@@H](C2CCOCC2)N2CCNCC2)c1O. The lowest BCUT2D eigenvalue weighted by Crippen LogP contribution is -2.47. The van der Waals surface area contributed by atoms with E-state index in [1.807, 2.05) is 6.07 Å². The summed E-state index contributed by atoms with van der Waals surface area (Å²) in [6, 6.07) is 5.68. The van der Waals surface area contributed by atoms with Crippen LogP contribution in [0.1, 0.15) is 30.0 Å². The van der Waals surface area contributed by atoms with Crippen LogP contribution in [-0.4, -0.2) is 56.5 Å². The lowest BCUT2D eigenvalue weighted by molar-refractivity contribution is 0.0205. The van der Waals surface area contributed by atoms with Gasteiger partial charge in [-0.1, -0.05) is 0 Å². The molecule has 0 saturated carbocycles. The first-order chi connectivity index (χ1) is 11.7. The van der Waals surface area contributed by atoms with Crippen molar-refractivity contribution < 1.29 is 14.6 Å². The Morgan fingerprint density at radius 3 is 2.67 bits per heavy atom. The van der Waals surface area contributed by atoms with E-state index in [1.54, 1.807) is 6.07 Å². The number of nitrogens with one attached hydrogen (secondary N) is 1. The molecule has 0 bridgehead atoms. The molecule has 1 aromatic rings. The largest absolute Gasteiger partial charge is 0.504 e. The van der Waals surface area contributed by atoms with Crippen LogP contribution in [0.15, 0.2) is 12.1 Å². The van der Waals surface area contributed by atoms with E-state index in [-0.39, 0.29) is 11.8 Å². The fourth-order valence-corrected chi connectivity index (χ4v) is 3.82. The number of hydrogen-bond acceptors (Lipinski definition) is 6. The molecule has 2 fully saturated rings. The van der Waals surface area contributed by atoms with Gasteiger partial charge in [0.05, 0.1) is 18.7 Å². The Bertz CT molecular complexity index is 584. The van der Waals surface area contributed by atoms with Crippen LogP contribution in [0.2, 0.25) is 0 Å². The summed E-state index contributed by atoms with van der Waals surface area (Å²) in [4.78, 5) is 2.42. The molecule has 1 atom stereocenters. The smallest absolute Gasteiger partial charge is 0.162 e. The van der Waals surface area contributed by atoms with E-state index in [4.69, 9.17) is 9.47 Å². The van der Waals surface area contributed by atoms with Gasteiger partial charge in [0, 0.05) is 57.1 Å². The standard InChI is InChI=1S/C18H25N3O3/c1-23-16-11-13(12-19)10-15(18(16)22)17(14-2-8-24-9-3-14)21-6-4-20-5-7-21/h10-11,14,17,20,22H,2-9H2,1H3/t17-/m1/s1. The van der Waals surface area contributed by atoms with E-state index >= 15 is 0 Å². The Labute approximate surface area is 143 Å². The van der Waals surface area contributed by atoms with Gasteiger partial charge in [0.2, 0.25) is 0 Å². The number of benzene rings is 1. The number of hydrogen-bond donors (Lipinski definition) is 2. The molecule has 1 aromatic carbocycles. The van der Waals surface area contributed by atoms with E-state index in [1.165, 1.54) is 7.11 Å².